The lowest BCUT2D eigenvalue weighted by Gasteiger charge is -2.12. The molecule has 4 nitrogen and oxygen atoms in total. The lowest BCUT2D eigenvalue weighted by molar-refractivity contribution is 0.669. The molecule has 0 radical (unpaired) electrons. The number of benzene rings is 5. The van der Waals surface area contributed by atoms with Crippen LogP contribution in [-0.4, -0.2) is 11.7 Å². The Morgan fingerprint density at radius 2 is 1.62 bits per heavy atom. The molecule has 0 bridgehead atoms. The van der Waals surface area contributed by atoms with Gasteiger partial charge in [-0.3, -0.25) is 4.99 Å². The van der Waals surface area contributed by atoms with Crippen LogP contribution in [0.5, 0.6) is 0 Å². The Hall–Kier alpha value is -6.26. The van der Waals surface area contributed by atoms with Crippen LogP contribution in [0.25, 0.3) is 44.4 Å². The van der Waals surface area contributed by atoms with E-state index in [0.717, 1.165) is 79.8 Å². The third-order valence-corrected chi connectivity index (χ3v) is 9.45. The molecule has 0 amide bonds. The van der Waals surface area contributed by atoms with Crippen molar-refractivity contribution in [3.8, 4) is 0 Å². The van der Waals surface area contributed by atoms with Gasteiger partial charge in [-0.1, -0.05) is 134 Å². The Morgan fingerprint density at radius 1 is 0.800 bits per heavy atom. The Morgan fingerprint density at radius 3 is 2.44 bits per heavy atom. The highest BCUT2D eigenvalue weighted by atomic mass is 16.3. The third-order valence-electron chi connectivity index (χ3n) is 9.45. The number of rotatable bonds is 7. The van der Waals surface area contributed by atoms with Crippen molar-refractivity contribution in [3.05, 3.63) is 191 Å². The summed E-state index contributed by atoms with van der Waals surface area (Å²) in [6, 6.07) is 33.4. The number of allylic oxidation sites excluding steroid dienone is 10. The molecular weight excluding hydrogens is 611 g/mol. The SMILES string of the molecule is C=C/C(=C\C=C1\C=CC=CC1)c1cccc2oc3cccc(/C(N)=N/C(=N\Cc4ccc5c(c4)C=CCC5)c4ccc5ccccc5c4)c3c12. The molecule has 0 atom stereocenters. The van der Waals surface area contributed by atoms with Crippen molar-refractivity contribution in [1.82, 2.24) is 0 Å². The number of amidine groups is 2. The molecule has 0 fully saturated rings. The second kappa shape index (κ2) is 13.7. The zero-order valence-corrected chi connectivity index (χ0v) is 27.8. The van der Waals surface area contributed by atoms with E-state index in [9.17, 15) is 0 Å². The maximum Gasteiger partial charge on any atom is 0.157 e. The monoisotopic (exact) mass is 647 g/mol. The first-order valence-corrected chi connectivity index (χ1v) is 17.1. The Bertz CT molecular complexity index is 2510. The number of aliphatic imine (C=N–C) groups is 2. The minimum Gasteiger partial charge on any atom is -0.456 e. The number of hydrogen-bond donors (Lipinski definition) is 1. The first-order chi connectivity index (χ1) is 24.6. The van der Waals surface area contributed by atoms with Crippen molar-refractivity contribution >= 4 is 56.0 Å². The van der Waals surface area contributed by atoms with Gasteiger partial charge >= 0.3 is 0 Å². The summed E-state index contributed by atoms with van der Waals surface area (Å²) < 4.78 is 6.42. The second-order valence-electron chi connectivity index (χ2n) is 12.7. The molecule has 2 aliphatic carbocycles. The molecule has 2 aliphatic rings. The smallest absolute Gasteiger partial charge is 0.157 e. The van der Waals surface area contributed by atoms with E-state index in [-0.39, 0.29) is 0 Å². The topological polar surface area (TPSA) is 63.9 Å². The van der Waals surface area contributed by atoms with E-state index in [1.165, 1.54) is 16.7 Å². The quantitative estimate of drug-likeness (QED) is 0.106. The van der Waals surface area contributed by atoms with Gasteiger partial charge in [0, 0.05) is 21.9 Å². The summed E-state index contributed by atoms with van der Waals surface area (Å²) in [6.07, 6.45) is 22.1. The maximum atomic E-state index is 7.00. The van der Waals surface area contributed by atoms with Gasteiger partial charge in [0.15, 0.2) is 5.84 Å². The van der Waals surface area contributed by atoms with Crippen LogP contribution in [0, 0.1) is 0 Å². The maximum absolute atomic E-state index is 7.00. The fraction of sp³-hybridized carbons (Fsp3) is 0.0870. The fourth-order valence-corrected chi connectivity index (χ4v) is 6.87. The van der Waals surface area contributed by atoms with Crippen molar-refractivity contribution in [2.45, 2.75) is 25.8 Å². The molecule has 0 spiro atoms. The first kappa shape index (κ1) is 31.0. The largest absolute Gasteiger partial charge is 0.456 e. The number of hydrogen-bond acceptors (Lipinski definition) is 2. The van der Waals surface area contributed by atoms with Gasteiger partial charge in [-0.05, 0) is 87.7 Å². The highest BCUT2D eigenvalue weighted by Crippen LogP contribution is 2.37. The van der Waals surface area contributed by atoms with Crippen molar-refractivity contribution in [2.24, 2.45) is 15.7 Å². The van der Waals surface area contributed by atoms with Gasteiger partial charge in [0.2, 0.25) is 0 Å². The summed E-state index contributed by atoms with van der Waals surface area (Å²) in [5.41, 5.74) is 17.3. The lowest BCUT2D eigenvalue weighted by atomic mass is 9.95. The molecule has 0 saturated heterocycles. The van der Waals surface area contributed by atoms with Crippen molar-refractivity contribution in [2.75, 3.05) is 0 Å². The molecule has 242 valence electrons. The van der Waals surface area contributed by atoms with E-state index in [0.29, 0.717) is 18.2 Å². The molecule has 6 aromatic rings. The predicted octanol–water partition coefficient (Wildman–Crippen LogP) is 11.1. The minimum atomic E-state index is 0.374. The minimum absolute atomic E-state index is 0.374. The zero-order valence-electron chi connectivity index (χ0n) is 27.8. The molecule has 0 saturated carbocycles. The van der Waals surface area contributed by atoms with E-state index in [4.69, 9.17) is 20.1 Å². The summed E-state index contributed by atoms with van der Waals surface area (Å²) >= 11 is 0. The summed E-state index contributed by atoms with van der Waals surface area (Å²) in [5.74, 6) is 0.957. The molecule has 1 aromatic heterocycles. The van der Waals surface area contributed by atoms with E-state index >= 15 is 0 Å². The van der Waals surface area contributed by atoms with E-state index < -0.39 is 0 Å². The van der Waals surface area contributed by atoms with Gasteiger partial charge in [0.25, 0.3) is 0 Å². The van der Waals surface area contributed by atoms with E-state index in [1.54, 1.807) is 0 Å². The van der Waals surface area contributed by atoms with Crippen LogP contribution in [0.3, 0.4) is 0 Å². The van der Waals surface area contributed by atoms with Crippen LogP contribution in [0.2, 0.25) is 0 Å². The predicted molar refractivity (Wildman–Crippen MR) is 212 cm³/mol. The zero-order chi connectivity index (χ0) is 33.9. The average Bonchev–Trinajstić information content (AvgIpc) is 3.56. The Balaban J connectivity index is 1.25. The average molecular weight is 648 g/mol. The molecule has 5 aromatic carbocycles. The normalized spacial score (nSPS) is 15.8. The number of aryl methyl sites for hydroxylation is 1. The summed E-state index contributed by atoms with van der Waals surface area (Å²) in [5, 5.41) is 4.18. The van der Waals surface area contributed by atoms with Crippen molar-refractivity contribution < 1.29 is 4.42 Å². The van der Waals surface area contributed by atoms with E-state index in [1.807, 2.05) is 36.4 Å². The van der Waals surface area contributed by atoms with Crippen LogP contribution >= 0.6 is 0 Å². The van der Waals surface area contributed by atoms with Gasteiger partial charge in [-0.25, -0.2) is 4.99 Å². The molecule has 0 aliphatic heterocycles. The molecule has 50 heavy (non-hydrogen) atoms. The molecule has 1 heterocycles. The highest BCUT2D eigenvalue weighted by molar-refractivity contribution is 6.22. The van der Waals surface area contributed by atoms with Crippen LogP contribution in [0.15, 0.2) is 172 Å². The second-order valence-corrected chi connectivity index (χ2v) is 12.7. The van der Waals surface area contributed by atoms with Crippen LogP contribution in [-0.2, 0) is 13.0 Å². The van der Waals surface area contributed by atoms with Gasteiger partial charge < -0.3 is 10.2 Å². The van der Waals surface area contributed by atoms with Gasteiger partial charge in [-0.2, -0.15) is 0 Å². The molecule has 0 unspecified atom stereocenters. The number of fused-ring (bicyclic) bond motifs is 5. The standard InChI is InChI=1S/C46H37N3O/c1-2-33(24-22-31-12-4-3-5-13-31)39-18-10-20-41-43(39)44-40(19-11-21-42(44)50-41)45(47)49-46(38-27-26-35-15-7-9-17-37(35)29-38)48-30-32-23-25-34-14-6-8-16-36(34)28-32/h2-5,7-12,15-29H,1,6,13-14,30H2,(H2,47,48,49)/b31-22-,33-24+. The summed E-state index contributed by atoms with van der Waals surface area (Å²) in [6.45, 7) is 4.65. The molecule has 4 heteroatoms. The molecule has 8 rings (SSSR count). The van der Waals surface area contributed by atoms with Gasteiger partial charge in [0.05, 0.1) is 6.54 Å². The number of nitrogens with zero attached hydrogens (tertiary/aromatic N) is 2. The van der Waals surface area contributed by atoms with E-state index in [2.05, 4.69) is 122 Å². The molecule has 2 N–H and O–H groups in total. The van der Waals surface area contributed by atoms with Gasteiger partial charge in [0.1, 0.15) is 17.0 Å². The Kier molecular flexibility index (Phi) is 8.50. The number of furan rings is 1. The first-order valence-electron chi connectivity index (χ1n) is 17.1. The lowest BCUT2D eigenvalue weighted by Crippen LogP contribution is -2.17. The highest BCUT2D eigenvalue weighted by Gasteiger charge is 2.18. The third kappa shape index (κ3) is 6.20. The Labute approximate surface area is 292 Å². The van der Waals surface area contributed by atoms with Crippen molar-refractivity contribution in [1.29, 1.82) is 0 Å². The number of nitrogens with two attached hydrogens (primary N) is 1. The van der Waals surface area contributed by atoms with Crippen LogP contribution < -0.4 is 5.73 Å². The fourth-order valence-electron chi connectivity index (χ4n) is 6.87. The summed E-state index contributed by atoms with van der Waals surface area (Å²) in [4.78, 5) is 10.2. The van der Waals surface area contributed by atoms with Crippen LogP contribution in [0.4, 0.5) is 0 Å². The van der Waals surface area contributed by atoms with Crippen LogP contribution in [0.1, 0.15) is 46.2 Å². The summed E-state index contributed by atoms with van der Waals surface area (Å²) in [7, 11) is 0. The van der Waals surface area contributed by atoms with Crippen molar-refractivity contribution in [3.63, 3.8) is 0 Å². The van der Waals surface area contributed by atoms with Gasteiger partial charge in [-0.15, -0.1) is 0 Å². The molecular formula is C46H37N3O.